The summed E-state index contributed by atoms with van der Waals surface area (Å²) in [4.78, 5) is 13.4. The van der Waals surface area contributed by atoms with Gasteiger partial charge in [-0.25, -0.2) is 0 Å². The zero-order valence-electron chi connectivity index (χ0n) is 11.6. The van der Waals surface area contributed by atoms with Crippen molar-refractivity contribution in [3.05, 3.63) is 23.8 Å². The quantitative estimate of drug-likeness (QED) is 0.848. The van der Waals surface area contributed by atoms with E-state index in [4.69, 9.17) is 4.74 Å². The SMILES string of the molecule is CC(=O)c1ccc(N(C)CC2CCCOC2)cc1O. The van der Waals surface area contributed by atoms with Crippen LogP contribution in [0.4, 0.5) is 5.69 Å². The molecule has 0 aromatic heterocycles. The first-order valence-electron chi connectivity index (χ1n) is 6.70. The Balaban J connectivity index is 2.04. The van der Waals surface area contributed by atoms with Crippen molar-refractivity contribution in [1.29, 1.82) is 0 Å². The molecule has 1 atom stereocenters. The van der Waals surface area contributed by atoms with E-state index in [1.54, 1.807) is 12.1 Å². The number of hydrogen-bond acceptors (Lipinski definition) is 4. The highest BCUT2D eigenvalue weighted by Crippen LogP contribution is 2.26. The van der Waals surface area contributed by atoms with Crippen molar-refractivity contribution < 1.29 is 14.6 Å². The number of phenolic OH excluding ortho intramolecular Hbond substituents is 1. The van der Waals surface area contributed by atoms with Crippen LogP contribution in [0, 0.1) is 5.92 Å². The Morgan fingerprint density at radius 2 is 2.32 bits per heavy atom. The van der Waals surface area contributed by atoms with Gasteiger partial charge in [0.05, 0.1) is 12.2 Å². The van der Waals surface area contributed by atoms with Gasteiger partial charge in [0.1, 0.15) is 5.75 Å². The van der Waals surface area contributed by atoms with E-state index in [-0.39, 0.29) is 11.5 Å². The van der Waals surface area contributed by atoms with E-state index >= 15 is 0 Å². The number of carbonyl (C=O) groups excluding carboxylic acids is 1. The minimum absolute atomic E-state index is 0.0525. The Morgan fingerprint density at radius 3 is 2.89 bits per heavy atom. The van der Waals surface area contributed by atoms with Crippen molar-refractivity contribution in [2.45, 2.75) is 19.8 Å². The molecule has 4 heteroatoms. The minimum Gasteiger partial charge on any atom is -0.507 e. The lowest BCUT2D eigenvalue weighted by Gasteiger charge is -2.28. The topological polar surface area (TPSA) is 49.8 Å². The monoisotopic (exact) mass is 263 g/mol. The predicted octanol–water partition coefficient (Wildman–Crippen LogP) is 2.46. The summed E-state index contributed by atoms with van der Waals surface area (Å²) in [6.45, 7) is 4.03. The van der Waals surface area contributed by atoms with Crippen LogP contribution in [0.25, 0.3) is 0 Å². The van der Waals surface area contributed by atoms with Crippen molar-refractivity contribution in [2.75, 3.05) is 31.7 Å². The molecule has 1 aromatic rings. The maximum Gasteiger partial charge on any atom is 0.163 e. The number of nitrogens with zero attached hydrogens (tertiary/aromatic N) is 1. The highest BCUT2D eigenvalue weighted by atomic mass is 16.5. The summed E-state index contributed by atoms with van der Waals surface area (Å²) in [7, 11) is 2.00. The fraction of sp³-hybridized carbons (Fsp3) is 0.533. The van der Waals surface area contributed by atoms with Crippen LogP contribution in [-0.4, -0.2) is 37.7 Å². The number of benzene rings is 1. The molecule has 1 aliphatic rings. The molecule has 0 amide bonds. The van der Waals surface area contributed by atoms with Gasteiger partial charge in [0.15, 0.2) is 5.78 Å². The third-order valence-corrected chi connectivity index (χ3v) is 3.59. The number of hydrogen-bond donors (Lipinski definition) is 1. The first-order chi connectivity index (χ1) is 9.08. The molecule has 0 spiro atoms. The van der Waals surface area contributed by atoms with Gasteiger partial charge in [0.25, 0.3) is 0 Å². The zero-order valence-corrected chi connectivity index (χ0v) is 11.6. The average Bonchev–Trinajstić information content (AvgIpc) is 2.39. The summed E-state index contributed by atoms with van der Waals surface area (Å²) in [5, 5.41) is 9.84. The maximum absolute atomic E-state index is 11.3. The second kappa shape index (κ2) is 6.06. The Labute approximate surface area is 114 Å². The standard InChI is InChI=1S/C15H21NO3/c1-11(17)14-6-5-13(8-15(14)18)16(2)9-12-4-3-7-19-10-12/h5-6,8,12,18H,3-4,7,9-10H2,1-2H3. The van der Waals surface area contributed by atoms with Crippen LogP contribution in [0.15, 0.2) is 18.2 Å². The van der Waals surface area contributed by atoms with E-state index < -0.39 is 0 Å². The molecule has 104 valence electrons. The molecule has 19 heavy (non-hydrogen) atoms. The Kier molecular flexibility index (Phi) is 4.43. The molecule has 0 saturated carbocycles. The number of rotatable bonds is 4. The van der Waals surface area contributed by atoms with Crippen LogP contribution < -0.4 is 4.90 Å². The van der Waals surface area contributed by atoms with Gasteiger partial charge >= 0.3 is 0 Å². The van der Waals surface area contributed by atoms with Gasteiger partial charge in [0.2, 0.25) is 0 Å². The average molecular weight is 263 g/mol. The summed E-state index contributed by atoms with van der Waals surface area (Å²) < 4.78 is 5.47. The van der Waals surface area contributed by atoms with Crippen LogP contribution in [-0.2, 0) is 4.74 Å². The van der Waals surface area contributed by atoms with Gasteiger partial charge in [-0.2, -0.15) is 0 Å². The molecule has 1 unspecified atom stereocenters. The molecule has 1 saturated heterocycles. The molecular formula is C15H21NO3. The fourth-order valence-corrected chi connectivity index (χ4v) is 2.50. The number of anilines is 1. The third kappa shape index (κ3) is 3.47. The van der Waals surface area contributed by atoms with Crippen molar-refractivity contribution >= 4 is 11.5 Å². The van der Waals surface area contributed by atoms with Crippen molar-refractivity contribution in [2.24, 2.45) is 5.92 Å². The van der Waals surface area contributed by atoms with Crippen LogP contribution >= 0.6 is 0 Å². The second-order valence-electron chi connectivity index (χ2n) is 5.22. The predicted molar refractivity (Wildman–Crippen MR) is 74.9 cm³/mol. The van der Waals surface area contributed by atoms with Gasteiger partial charge in [-0.15, -0.1) is 0 Å². The Bertz CT molecular complexity index is 453. The molecule has 0 bridgehead atoms. The summed E-state index contributed by atoms with van der Waals surface area (Å²) in [5.74, 6) is 0.470. The molecule has 1 N–H and O–H groups in total. The first-order valence-corrected chi connectivity index (χ1v) is 6.70. The van der Waals surface area contributed by atoms with E-state index in [1.807, 2.05) is 13.1 Å². The van der Waals surface area contributed by atoms with Gasteiger partial charge in [0, 0.05) is 32.0 Å². The molecule has 1 aliphatic heterocycles. The summed E-state index contributed by atoms with van der Waals surface area (Å²) in [5.41, 5.74) is 1.30. The van der Waals surface area contributed by atoms with Crippen molar-refractivity contribution in [3.8, 4) is 5.75 Å². The lowest BCUT2D eigenvalue weighted by Crippen LogP contribution is -2.30. The van der Waals surface area contributed by atoms with E-state index in [2.05, 4.69) is 4.90 Å². The molecule has 0 radical (unpaired) electrons. The molecule has 0 aliphatic carbocycles. The Morgan fingerprint density at radius 1 is 1.53 bits per heavy atom. The van der Waals surface area contributed by atoms with Gasteiger partial charge < -0.3 is 14.7 Å². The third-order valence-electron chi connectivity index (χ3n) is 3.59. The highest BCUT2D eigenvalue weighted by Gasteiger charge is 2.17. The second-order valence-corrected chi connectivity index (χ2v) is 5.22. The van der Waals surface area contributed by atoms with Gasteiger partial charge in [-0.1, -0.05) is 0 Å². The van der Waals surface area contributed by atoms with Crippen LogP contribution in [0.1, 0.15) is 30.1 Å². The van der Waals surface area contributed by atoms with Gasteiger partial charge in [-0.3, -0.25) is 4.79 Å². The molecule has 1 fully saturated rings. The van der Waals surface area contributed by atoms with E-state index in [0.29, 0.717) is 11.5 Å². The summed E-state index contributed by atoms with van der Waals surface area (Å²) in [6.07, 6.45) is 2.30. The molecule has 4 nitrogen and oxygen atoms in total. The van der Waals surface area contributed by atoms with Crippen LogP contribution in [0.3, 0.4) is 0 Å². The van der Waals surface area contributed by atoms with E-state index in [9.17, 15) is 9.90 Å². The van der Waals surface area contributed by atoms with Crippen molar-refractivity contribution in [1.82, 2.24) is 0 Å². The smallest absolute Gasteiger partial charge is 0.163 e. The normalized spacial score (nSPS) is 19.2. The van der Waals surface area contributed by atoms with E-state index in [0.717, 1.165) is 31.9 Å². The van der Waals surface area contributed by atoms with E-state index in [1.165, 1.54) is 13.3 Å². The number of ketones is 1. The number of Topliss-reactive ketones (excluding diaryl/α,β-unsaturated/α-hetero) is 1. The zero-order chi connectivity index (χ0) is 13.8. The molecule has 2 rings (SSSR count). The lowest BCUT2D eigenvalue weighted by molar-refractivity contribution is 0.0576. The largest absolute Gasteiger partial charge is 0.507 e. The van der Waals surface area contributed by atoms with Crippen molar-refractivity contribution in [3.63, 3.8) is 0 Å². The first kappa shape index (κ1) is 13.9. The molecule has 1 heterocycles. The fourth-order valence-electron chi connectivity index (χ4n) is 2.50. The Hall–Kier alpha value is -1.55. The number of carbonyl (C=O) groups is 1. The lowest BCUT2D eigenvalue weighted by atomic mass is 10.0. The number of phenols is 1. The van der Waals surface area contributed by atoms with Crippen LogP contribution in [0.5, 0.6) is 5.75 Å². The van der Waals surface area contributed by atoms with Crippen LogP contribution in [0.2, 0.25) is 0 Å². The highest BCUT2D eigenvalue weighted by molar-refractivity contribution is 5.97. The summed E-state index contributed by atoms with van der Waals surface area (Å²) in [6, 6.07) is 5.21. The molecular weight excluding hydrogens is 242 g/mol. The minimum atomic E-state index is -0.118. The summed E-state index contributed by atoms with van der Waals surface area (Å²) >= 11 is 0. The number of ether oxygens (including phenoxy) is 1. The van der Waals surface area contributed by atoms with Gasteiger partial charge in [-0.05, 0) is 37.8 Å². The maximum atomic E-state index is 11.3. The molecule has 1 aromatic carbocycles. The number of aromatic hydroxyl groups is 1.